The van der Waals surface area contributed by atoms with Crippen molar-refractivity contribution in [3.05, 3.63) is 0 Å². The lowest BCUT2D eigenvalue weighted by molar-refractivity contribution is -0.139. The van der Waals surface area contributed by atoms with Crippen LogP contribution in [0.3, 0.4) is 0 Å². The average Bonchev–Trinajstić information content (AvgIpc) is 2.67. The molecule has 0 aromatic rings. The summed E-state index contributed by atoms with van der Waals surface area (Å²) in [5.74, 6) is -2.84. The van der Waals surface area contributed by atoms with Crippen molar-refractivity contribution in [1.82, 2.24) is 19.6 Å². The van der Waals surface area contributed by atoms with Gasteiger partial charge in [-0.3, -0.25) is 38.8 Å². The van der Waals surface area contributed by atoms with E-state index < -0.39 is 17.9 Å². The van der Waals surface area contributed by atoms with Crippen molar-refractivity contribution in [1.29, 1.82) is 0 Å². The van der Waals surface area contributed by atoms with Crippen LogP contribution >= 0.6 is 0 Å². The fourth-order valence-electron chi connectivity index (χ4n) is 3.66. The zero-order valence-electron chi connectivity index (χ0n) is 19.2. The maximum Gasteiger partial charge on any atom is 0.317 e. The second kappa shape index (κ2) is 14.9. The van der Waals surface area contributed by atoms with Gasteiger partial charge in [0.15, 0.2) is 0 Å². The number of carboxylic acids is 3. The van der Waals surface area contributed by atoms with Crippen LogP contribution in [0.4, 0.5) is 0 Å². The lowest BCUT2D eigenvalue weighted by Gasteiger charge is -2.31. The van der Waals surface area contributed by atoms with Crippen LogP contribution in [0.1, 0.15) is 26.7 Å². The summed E-state index contributed by atoms with van der Waals surface area (Å²) in [7, 11) is 0. The fourth-order valence-corrected chi connectivity index (χ4v) is 3.66. The highest BCUT2D eigenvalue weighted by Gasteiger charge is 2.20. The Morgan fingerprint density at radius 1 is 0.562 bits per heavy atom. The molecule has 0 amide bonds. The Labute approximate surface area is 189 Å². The summed E-state index contributed by atoms with van der Waals surface area (Å²) in [4.78, 5) is 53.4. The summed E-state index contributed by atoms with van der Waals surface area (Å²) in [6.07, 6.45) is 1.23. The number of rotatable bonds is 9. The second-order valence-electron chi connectivity index (χ2n) is 8.61. The first-order valence-corrected chi connectivity index (χ1v) is 11.1. The van der Waals surface area contributed by atoms with Gasteiger partial charge < -0.3 is 15.3 Å². The zero-order valence-corrected chi connectivity index (χ0v) is 19.2. The maximum absolute atomic E-state index is 12.3. The standard InChI is InChI=1S/C21H38N4O7/c1-17(2)18(26)13-25-11-9-23(15-20(29)30)7-3-5-22(14-19(27)28)6-4-8-24(10-12-25)16-21(31)32/h17H,3-16H2,1-2H3,(H,27,28)(H,29,30)(H,31,32). The molecule has 0 saturated carbocycles. The topological polar surface area (TPSA) is 142 Å². The van der Waals surface area contributed by atoms with Crippen molar-refractivity contribution in [2.45, 2.75) is 26.7 Å². The lowest BCUT2D eigenvalue weighted by Crippen LogP contribution is -2.45. The van der Waals surface area contributed by atoms with E-state index in [1.165, 1.54) is 0 Å². The van der Waals surface area contributed by atoms with Gasteiger partial charge in [-0.15, -0.1) is 0 Å². The number of hydrogen-bond acceptors (Lipinski definition) is 8. The third kappa shape index (κ3) is 12.7. The number of carboxylic acid groups (broad SMARTS) is 3. The molecule has 0 aliphatic carbocycles. The Morgan fingerprint density at radius 2 is 0.844 bits per heavy atom. The summed E-state index contributed by atoms with van der Waals surface area (Å²) < 4.78 is 0. The van der Waals surface area contributed by atoms with Crippen molar-refractivity contribution in [3.63, 3.8) is 0 Å². The van der Waals surface area contributed by atoms with Gasteiger partial charge in [0.2, 0.25) is 0 Å². The van der Waals surface area contributed by atoms with E-state index in [1.807, 2.05) is 18.7 Å². The Balaban J connectivity index is 2.95. The van der Waals surface area contributed by atoms with E-state index in [-0.39, 0.29) is 37.9 Å². The Kier molecular flexibility index (Phi) is 13.0. The summed E-state index contributed by atoms with van der Waals surface area (Å²) >= 11 is 0. The molecule has 0 unspecified atom stereocenters. The first kappa shape index (κ1) is 28.0. The monoisotopic (exact) mass is 458 g/mol. The first-order valence-electron chi connectivity index (χ1n) is 11.1. The average molecular weight is 459 g/mol. The van der Waals surface area contributed by atoms with E-state index in [1.54, 1.807) is 14.7 Å². The molecule has 11 nitrogen and oxygen atoms in total. The Morgan fingerprint density at radius 3 is 1.12 bits per heavy atom. The van der Waals surface area contributed by atoms with Gasteiger partial charge in [0.25, 0.3) is 0 Å². The van der Waals surface area contributed by atoms with Gasteiger partial charge in [-0.25, -0.2) is 0 Å². The molecule has 0 radical (unpaired) electrons. The summed E-state index contributed by atoms with van der Waals surface area (Å²) in [6, 6.07) is 0. The first-order chi connectivity index (χ1) is 15.1. The molecule has 0 bridgehead atoms. The minimum Gasteiger partial charge on any atom is -0.480 e. The van der Waals surface area contributed by atoms with Gasteiger partial charge in [0.05, 0.1) is 26.2 Å². The molecule has 1 rings (SSSR count). The van der Waals surface area contributed by atoms with Crippen LogP contribution in [-0.2, 0) is 19.2 Å². The van der Waals surface area contributed by atoms with E-state index in [0.29, 0.717) is 65.2 Å². The van der Waals surface area contributed by atoms with E-state index in [4.69, 9.17) is 5.11 Å². The van der Waals surface area contributed by atoms with Crippen LogP contribution < -0.4 is 0 Å². The minimum atomic E-state index is -0.939. The highest BCUT2D eigenvalue weighted by molar-refractivity contribution is 5.82. The third-order valence-electron chi connectivity index (χ3n) is 5.46. The van der Waals surface area contributed by atoms with Gasteiger partial charge in [0.1, 0.15) is 5.78 Å². The molecule has 1 fully saturated rings. The van der Waals surface area contributed by atoms with Gasteiger partial charge in [-0.05, 0) is 25.9 Å². The molecular formula is C21H38N4O7. The number of aliphatic carboxylic acids is 3. The van der Waals surface area contributed by atoms with Crippen LogP contribution in [0, 0.1) is 5.92 Å². The molecular weight excluding hydrogens is 420 g/mol. The van der Waals surface area contributed by atoms with Crippen LogP contribution in [0.25, 0.3) is 0 Å². The Bertz CT molecular complexity index is 595. The van der Waals surface area contributed by atoms with Crippen molar-refractivity contribution in [2.75, 3.05) is 78.5 Å². The summed E-state index contributed by atoms with van der Waals surface area (Å²) in [5, 5.41) is 27.7. The van der Waals surface area contributed by atoms with Crippen LogP contribution in [-0.4, -0.2) is 137 Å². The van der Waals surface area contributed by atoms with E-state index in [2.05, 4.69) is 0 Å². The molecule has 1 aliphatic heterocycles. The molecule has 32 heavy (non-hydrogen) atoms. The van der Waals surface area contributed by atoms with Crippen molar-refractivity contribution < 1.29 is 34.5 Å². The number of carbonyl (C=O) groups excluding carboxylic acids is 1. The number of carbonyl (C=O) groups is 4. The molecule has 0 spiro atoms. The fraction of sp³-hybridized carbons (Fsp3) is 0.810. The number of ketones is 1. The second-order valence-corrected chi connectivity index (χ2v) is 8.61. The van der Waals surface area contributed by atoms with Gasteiger partial charge >= 0.3 is 17.9 Å². The van der Waals surface area contributed by atoms with Gasteiger partial charge in [0, 0.05) is 45.2 Å². The van der Waals surface area contributed by atoms with Crippen LogP contribution in [0.2, 0.25) is 0 Å². The van der Waals surface area contributed by atoms with Crippen molar-refractivity contribution in [2.24, 2.45) is 5.92 Å². The van der Waals surface area contributed by atoms with Crippen molar-refractivity contribution in [3.8, 4) is 0 Å². The smallest absolute Gasteiger partial charge is 0.317 e. The Hall–Kier alpha value is -2.08. The molecule has 184 valence electrons. The van der Waals surface area contributed by atoms with E-state index in [9.17, 15) is 29.4 Å². The zero-order chi connectivity index (χ0) is 24.1. The largest absolute Gasteiger partial charge is 0.480 e. The van der Waals surface area contributed by atoms with Gasteiger partial charge in [-0.1, -0.05) is 13.8 Å². The van der Waals surface area contributed by atoms with E-state index in [0.717, 1.165) is 0 Å². The van der Waals surface area contributed by atoms with E-state index >= 15 is 0 Å². The van der Waals surface area contributed by atoms with Gasteiger partial charge in [-0.2, -0.15) is 0 Å². The molecule has 1 heterocycles. The highest BCUT2D eigenvalue weighted by atomic mass is 16.4. The molecule has 0 aromatic heterocycles. The normalized spacial score (nSPS) is 19.5. The molecule has 1 aliphatic rings. The van der Waals surface area contributed by atoms with Crippen LogP contribution in [0.5, 0.6) is 0 Å². The number of hydrogen-bond donors (Lipinski definition) is 3. The predicted molar refractivity (Wildman–Crippen MR) is 118 cm³/mol. The summed E-state index contributed by atoms with van der Waals surface area (Å²) in [6.45, 7) is 7.49. The highest BCUT2D eigenvalue weighted by Crippen LogP contribution is 2.05. The quantitative estimate of drug-likeness (QED) is 0.410. The molecule has 0 atom stereocenters. The molecule has 3 N–H and O–H groups in total. The molecule has 11 heteroatoms. The van der Waals surface area contributed by atoms with Crippen LogP contribution in [0.15, 0.2) is 0 Å². The third-order valence-corrected chi connectivity index (χ3v) is 5.46. The molecule has 1 saturated heterocycles. The number of nitrogens with zero attached hydrogens (tertiary/aromatic N) is 4. The minimum absolute atomic E-state index is 0.0880. The predicted octanol–water partition coefficient (Wildman–Crippen LogP) is -0.533. The summed E-state index contributed by atoms with van der Waals surface area (Å²) in [5.41, 5.74) is 0. The van der Waals surface area contributed by atoms with Crippen molar-refractivity contribution >= 4 is 23.7 Å². The number of Topliss-reactive ketones (excluding diaryl/α,β-unsaturated/α-hetero) is 1. The molecule has 0 aromatic carbocycles. The SMILES string of the molecule is CC(C)C(=O)CN1CCN(CC(=O)O)CCCN(CC(=O)O)CCCN(CC(=O)O)CC1. The lowest BCUT2D eigenvalue weighted by atomic mass is 10.1. The maximum atomic E-state index is 12.3.